The second kappa shape index (κ2) is 13.4. The van der Waals surface area contributed by atoms with Gasteiger partial charge in [0, 0.05) is 12.1 Å². The van der Waals surface area contributed by atoms with Crippen molar-refractivity contribution >= 4 is 38.9 Å². The van der Waals surface area contributed by atoms with E-state index in [0.29, 0.717) is 12.1 Å². The third-order valence-corrected chi connectivity index (χ3v) is 4.24. The first-order valence-corrected chi connectivity index (χ1v) is 9.09. The Kier molecular flexibility index (Phi) is 13.3. The van der Waals surface area contributed by atoms with E-state index in [9.17, 15) is 38.1 Å². The van der Waals surface area contributed by atoms with Crippen molar-refractivity contribution in [1.82, 2.24) is 0 Å². The molecule has 32 heavy (non-hydrogen) atoms. The molecule has 2 aromatic carbocycles. The largest absolute Gasteiger partial charge is 3.00 e. The zero-order valence-electron chi connectivity index (χ0n) is 16.4. The van der Waals surface area contributed by atoms with Crippen LogP contribution < -0.4 is 39.8 Å². The van der Waals surface area contributed by atoms with Crippen molar-refractivity contribution in [3.63, 3.8) is 0 Å². The molecule has 0 amide bonds. The summed E-state index contributed by atoms with van der Waals surface area (Å²) in [6.45, 7) is 1.00. The summed E-state index contributed by atoms with van der Waals surface area (Å²) in [5, 5.41) is 41.9. The molecule has 0 aliphatic heterocycles. The first-order valence-electron chi connectivity index (χ1n) is 7.68. The van der Waals surface area contributed by atoms with Crippen LogP contribution in [0.3, 0.4) is 0 Å². The summed E-state index contributed by atoms with van der Waals surface area (Å²) >= 11 is 0. The van der Waals surface area contributed by atoms with Crippen LogP contribution in [0.15, 0.2) is 62.6 Å². The number of Topliss-reactive ketones (excluding diaryl/α,β-unsaturated/α-hetero) is 1. The number of nitrogens with zero attached hydrogens (tertiary/aromatic N) is 4. The number of ketones is 1. The van der Waals surface area contributed by atoms with Crippen LogP contribution in [-0.2, 0) is 32.3 Å². The van der Waals surface area contributed by atoms with Gasteiger partial charge in [-0.05, 0) is 25.0 Å². The second-order valence-electron chi connectivity index (χ2n) is 5.52. The molecule has 13 nitrogen and oxygen atoms in total. The molecule has 0 heterocycles. The first kappa shape index (κ1) is 32.0. The molecule has 0 bridgehead atoms. The standard InChI is InChI=1S/C16H14N4O8S.Cr.Na.H2O/c1-9(21)14(16(23)17-10-5-3-2-4-6-10)19-18-12-7-11(20(24)25)8-13(15(12)22)29(26,27)28;;;/h2-8,14,22H,1H3,(H,17,23)(H,26,27,28);;;1H2/q;+3;+1;/p-4. The molecule has 1 N–H and O–H groups in total. The number of hydrogen-bond acceptors (Lipinski definition) is 12. The molecule has 0 saturated carbocycles. The van der Waals surface area contributed by atoms with Gasteiger partial charge in [-0.3, -0.25) is 19.9 Å². The quantitative estimate of drug-likeness (QED) is 0.0728. The van der Waals surface area contributed by atoms with Gasteiger partial charge < -0.3 is 20.2 Å². The molecule has 163 valence electrons. The van der Waals surface area contributed by atoms with Crippen molar-refractivity contribution in [3.8, 4) is 5.75 Å². The molecular formula is C16H12CrN4NaO9S. The molecule has 16 heteroatoms. The minimum atomic E-state index is -5.34. The van der Waals surface area contributed by atoms with E-state index in [0.717, 1.165) is 6.92 Å². The molecule has 1 radical (unpaired) electrons. The summed E-state index contributed by atoms with van der Waals surface area (Å²) in [6.07, 6.45) is 0. The van der Waals surface area contributed by atoms with Gasteiger partial charge in [-0.2, -0.15) is 10.2 Å². The molecule has 0 aliphatic rings. The van der Waals surface area contributed by atoms with Gasteiger partial charge in [0.1, 0.15) is 10.1 Å². The van der Waals surface area contributed by atoms with Gasteiger partial charge in [-0.25, -0.2) is 8.42 Å². The molecule has 0 spiro atoms. The fourth-order valence-corrected chi connectivity index (χ4v) is 2.65. The van der Waals surface area contributed by atoms with Crippen molar-refractivity contribution in [2.75, 3.05) is 0 Å². The third-order valence-electron chi connectivity index (χ3n) is 3.40. The van der Waals surface area contributed by atoms with Gasteiger partial charge in [0.2, 0.25) is 0 Å². The Morgan fingerprint density at radius 2 is 1.72 bits per heavy atom. The van der Waals surface area contributed by atoms with Crippen molar-refractivity contribution in [1.29, 1.82) is 0 Å². The number of aliphatic imine (C=N–C) groups is 1. The number of carbonyl (C=O) groups is 1. The van der Waals surface area contributed by atoms with Gasteiger partial charge in [0.25, 0.3) is 5.69 Å². The molecular weight excluding hydrogens is 499 g/mol. The molecule has 1 unspecified atom stereocenters. The molecule has 0 aliphatic carbocycles. The number of hydrogen-bond donors (Lipinski definition) is 0. The number of nitro groups is 1. The Balaban J connectivity index is 0. The Morgan fingerprint density at radius 1 is 1.16 bits per heavy atom. The van der Waals surface area contributed by atoms with Crippen LogP contribution in [0.5, 0.6) is 5.75 Å². The van der Waals surface area contributed by atoms with Crippen LogP contribution in [0, 0.1) is 10.1 Å². The van der Waals surface area contributed by atoms with E-state index in [2.05, 4.69) is 15.2 Å². The van der Waals surface area contributed by atoms with Crippen LogP contribution in [0.1, 0.15) is 6.92 Å². The van der Waals surface area contributed by atoms with E-state index < -0.39 is 54.8 Å². The molecule has 0 aromatic heterocycles. The van der Waals surface area contributed by atoms with E-state index in [1.54, 1.807) is 18.2 Å². The summed E-state index contributed by atoms with van der Waals surface area (Å²) in [7, 11) is -5.34. The number of carbonyl (C=O) groups excluding carboxylic acids is 1. The first-order chi connectivity index (χ1) is 13.5. The Hall–Kier alpha value is -2.22. The van der Waals surface area contributed by atoms with Crippen molar-refractivity contribution in [2.24, 2.45) is 15.2 Å². The van der Waals surface area contributed by atoms with Gasteiger partial charge in [-0.15, -0.1) is 0 Å². The van der Waals surface area contributed by atoms with E-state index in [4.69, 9.17) is 0 Å². The second-order valence-corrected chi connectivity index (χ2v) is 6.87. The predicted molar refractivity (Wildman–Crippen MR) is 95.0 cm³/mol. The average molecular weight is 511 g/mol. The number of benzene rings is 2. The smallest absolute Gasteiger partial charge is 0.870 e. The normalized spacial score (nSPS) is 12.1. The number of non-ortho nitro benzene ring substituents is 1. The van der Waals surface area contributed by atoms with Crippen LogP contribution in [-0.4, -0.2) is 41.1 Å². The van der Waals surface area contributed by atoms with Crippen molar-refractivity contribution < 1.29 is 85.3 Å². The summed E-state index contributed by atoms with van der Waals surface area (Å²) in [5.74, 6) is -3.28. The minimum Gasteiger partial charge on any atom is -0.870 e. The van der Waals surface area contributed by atoms with Gasteiger partial charge in [0.05, 0.1) is 21.2 Å². The van der Waals surface area contributed by atoms with E-state index in [-0.39, 0.29) is 58.1 Å². The number of rotatable bonds is 7. The van der Waals surface area contributed by atoms with Crippen LogP contribution >= 0.6 is 0 Å². The topological polar surface area (TPSA) is 231 Å². The Morgan fingerprint density at radius 3 is 2.19 bits per heavy atom. The summed E-state index contributed by atoms with van der Waals surface area (Å²) in [6, 6.07) is 6.90. The van der Waals surface area contributed by atoms with Crippen molar-refractivity contribution in [3.05, 3.63) is 52.6 Å². The maximum atomic E-state index is 12.2. The maximum absolute atomic E-state index is 12.2. The molecule has 2 rings (SSSR count). The Labute approximate surface area is 214 Å². The van der Waals surface area contributed by atoms with E-state index in [1.807, 2.05) is 0 Å². The summed E-state index contributed by atoms with van der Waals surface area (Å²) < 4.78 is 33.5. The van der Waals surface area contributed by atoms with Gasteiger partial charge in [-0.1, -0.05) is 23.9 Å². The number of azo groups is 1. The zero-order chi connectivity index (χ0) is 21.8. The molecule has 1 atom stereocenters. The third kappa shape index (κ3) is 8.37. The fourth-order valence-electron chi connectivity index (χ4n) is 2.05. The minimum absolute atomic E-state index is 0. The maximum Gasteiger partial charge on any atom is 3.00 e. The van der Waals surface area contributed by atoms with Crippen LogP contribution in [0.4, 0.5) is 17.1 Å². The monoisotopic (exact) mass is 511 g/mol. The zero-order valence-corrected chi connectivity index (χ0v) is 20.5. The molecule has 0 saturated heterocycles. The van der Waals surface area contributed by atoms with Gasteiger partial charge in [0.15, 0.2) is 11.8 Å². The number of para-hydroxylation sites is 1. The summed E-state index contributed by atoms with van der Waals surface area (Å²) in [5.41, 5.74) is -1.58. The fraction of sp³-hybridized carbons (Fsp3) is 0.125. The van der Waals surface area contributed by atoms with Crippen LogP contribution in [0.25, 0.3) is 0 Å². The average Bonchev–Trinajstić information content (AvgIpc) is 2.62. The van der Waals surface area contributed by atoms with Crippen LogP contribution in [0.2, 0.25) is 0 Å². The van der Waals surface area contributed by atoms with E-state index in [1.165, 1.54) is 12.1 Å². The predicted octanol–water partition coefficient (Wildman–Crippen LogP) is -2.47. The number of nitro benzene ring substituents is 1. The molecule has 2 aromatic rings. The SMILES string of the molecule is CC(=O)C(N=Nc1cc([N+](=O)[O-])cc(S(=O)(=O)[O-])c1[O-])C([O-])=Nc1ccccc1.[Cr+3].[Na+].[OH-]. The van der Waals surface area contributed by atoms with Crippen molar-refractivity contribution in [2.45, 2.75) is 17.9 Å². The molecule has 0 fully saturated rings. The Bertz CT molecular complexity index is 1130. The van der Waals surface area contributed by atoms with Gasteiger partial charge >= 0.3 is 46.9 Å². The van der Waals surface area contributed by atoms with E-state index >= 15 is 0 Å². The summed E-state index contributed by atoms with van der Waals surface area (Å²) in [4.78, 5) is 23.8.